The van der Waals surface area contributed by atoms with E-state index in [1.165, 1.54) is 17.3 Å². The molecule has 1 aliphatic heterocycles. The van der Waals surface area contributed by atoms with Crippen LogP contribution in [0.25, 0.3) is 0 Å². The molecule has 2 heterocycles. The number of aryl methyl sites for hydroxylation is 3. The summed E-state index contributed by atoms with van der Waals surface area (Å²) in [5.74, 6) is 0.0961. The van der Waals surface area contributed by atoms with Gasteiger partial charge in [-0.1, -0.05) is 55.1 Å². The minimum absolute atomic E-state index is 0.0116. The Morgan fingerprint density at radius 3 is 2.62 bits per heavy atom. The van der Waals surface area contributed by atoms with Crippen LogP contribution >= 0.6 is 23.5 Å². The smallest absolute Gasteiger partial charge is 0.268 e. The van der Waals surface area contributed by atoms with Gasteiger partial charge in [-0.25, -0.2) is 4.98 Å². The lowest BCUT2D eigenvalue weighted by molar-refractivity contribution is -0.113. The molecule has 0 saturated heterocycles. The van der Waals surface area contributed by atoms with Crippen molar-refractivity contribution in [3.63, 3.8) is 0 Å². The van der Waals surface area contributed by atoms with E-state index in [9.17, 15) is 9.59 Å². The molecule has 0 spiro atoms. The van der Waals surface area contributed by atoms with E-state index in [1.54, 1.807) is 16.3 Å². The van der Waals surface area contributed by atoms with Crippen LogP contribution in [0, 0.1) is 13.8 Å². The Balaban J connectivity index is 1.52. The van der Waals surface area contributed by atoms with Gasteiger partial charge in [0.1, 0.15) is 0 Å². The van der Waals surface area contributed by atoms with Crippen molar-refractivity contribution < 1.29 is 4.79 Å². The molecule has 1 aliphatic rings. The second kappa shape index (κ2) is 9.96. The molecule has 1 aromatic heterocycles. The zero-order chi connectivity index (χ0) is 22.7. The summed E-state index contributed by atoms with van der Waals surface area (Å²) in [4.78, 5) is 31.4. The number of anilines is 1. The highest BCUT2D eigenvalue weighted by atomic mass is 32.2. The van der Waals surface area contributed by atoms with E-state index in [1.807, 2.05) is 44.2 Å². The van der Waals surface area contributed by atoms with Crippen molar-refractivity contribution in [1.29, 1.82) is 0 Å². The molecular formula is C25H27N3O2S2. The van der Waals surface area contributed by atoms with Crippen LogP contribution < -0.4 is 10.9 Å². The molecule has 166 valence electrons. The van der Waals surface area contributed by atoms with E-state index in [2.05, 4.69) is 30.4 Å². The lowest BCUT2D eigenvalue weighted by Crippen LogP contribution is -2.27. The molecule has 0 bridgehead atoms. The first-order chi connectivity index (χ1) is 15.4. The Labute approximate surface area is 197 Å². The van der Waals surface area contributed by atoms with Gasteiger partial charge >= 0.3 is 0 Å². The first kappa shape index (κ1) is 22.7. The van der Waals surface area contributed by atoms with E-state index in [-0.39, 0.29) is 17.2 Å². The standard InChI is InChI=1S/C25H27N3O2S2/c1-16-11-17(2)13-20(12-16)26-22(29)15-31-25-27-21-14-18(3)32-23(21)24(30)28(25)10-9-19-7-5-4-6-8-19/h4-8,11-13,18H,9-10,14-15H2,1-3H3,(H,26,29). The van der Waals surface area contributed by atoms with Crippen molar-refractivity contribution in [1.82, 2.24) is 9.55 Å². The quantitative estimate of drug-likeness (QED) is 0.398. The van der Waals surface area contributed by atoms with Gasteiger partial charge in [-0.3, -0.25) is 14.2 Å². The second-order valence-electron chi connectivity index (χ2n) is 8.21. The summed E-state index contributed by atoms with van der Waals surface area (Å²) >= 11 is 2.94. The van der Waals surface area contributed by atoms with Gasteiger partial charge in [-0.05, 0) is 49.1 Å². The number of aromatic nitrogens is 2. The fourth-order valence-electron chi connectivity index (χ4n) is 3.90. The van der Waals surface area contributed by atoms with Crippen LogP contribution in [-0.2, 0) is 24.2 Å². The number of thioether (sulfide) groups is 2. The number of fused-ring (bicyclic) bond motifs is 1. The summed E-state index contributed by atoms with van der Waals surface area (Å²) in [6.07, 6.45) is 1.53. The molecular weight excluding hydrogens is 438 g/mol. The van der Waals surface area contributed by atoms with Crippen LogP contribution in [0.15, 0.2) is 63.4 Å². The van der Waals surface area contributed by atoms with E-state index in [0.717, 1.165) is 40.2 Å². The number of carbonyl (C=O) groups excluding carboxylic acids is 1. The molecule has 2 aromatic carbocycles. The average molecular weight is 466 g/mol. The molecule has 7 heteroatoms. The highest BCUT2D eigenvalue weighted by molar-refractivity contribution is 8.00. The Morgan fingerprint density at radius 1 is 1.19 bits per heavy atom. The summed E-state index contributed by atoms with van der Waals surface area (Å²) in [7, 11) is 0. The monoisotopic (exact) mass is 465 g/mol. The lowest BCUT2D eigenvalue weighted by atomic mass is 10.1. The minimum atomic E-state index is -0.105. The predicted octanol–water partition coefficient (Wildman–Crippen LogP) is 4.87. The van der Waals surface area contributed by atoms with Crippen molar-refractivity contribution in [3.8, 4) is 0 Å². The van der Waals surface area contributed by atoms with Gasteiger partial charge in [0.2, 0.25) is 5.91 Å². The molecule has 0 saturated carbocycles. The number of hydrogen-bond acceptors (Lipinski definition) is 5. The first-order valence-electron chi connectivity index (χ1n) is 10.7. The lowest BCUT2D eigenvalue weighted by Gasteiger charge is -2.14. The zero-order valence-electron chi connectivity index (χ0n) is 18.6. The summed E-state index contributed by atoms with van der Waals surface area (Å²) in [5, 5.41) is 3.93. The van der Waals surface area contributed by atoms with Crippen molar-refractivity contribution in [2.45, 2.75) is 55.5 Å². The van der Waals surface area contributed by atoms with Crippen LogP contribution in [0.1, 0.15) is 29.3 Å². The zero-order valence-corrected chi connectivity index (χ0v) is 20.2. The van der Waals surface area contributed by atoms with E-state index in [0.29, 0.717) is 17.0 Å². The van der Waals surface area contributed by atoms with E-state index in [4.69, 9.17) is 4.98 Å². The molecule has 1 unspecified atom stereocenters. The van der Waals surface area contributed by atoms with Gasteiger partial charge in [-0.2, -0.15) is 0 Å². The van der Waals surface area contributed by atoms with Crippen LogP contribution in [-0.4, -0.2) is 26.5 Å². The fourth-order valence-corrected chi connectivity index (χ4v) is 5.86. The predicted molar refractivity (Wildman–Crippen MR) is 133 cm³/mol. The van der Waals surface area contributed by atoms with Crippen LogP contribution in [0.4, 0.5) is 5.69 Å². The van der Waals surface area contributed by atoms with Crippen LogP contribution in [0.2, 0.25) is 0 Å². The molecule has 0 fully saturated rings. The third kappa shape index (κ3) is 5.45. The largest absolute Gasteiger partial charge is 0.325 e. The van der Waals surface area contributed by atoms with Crippen LogP contribution in [0.5, 0.6) is 0 Å². The third-order valence-electron chi connectivity index (χ3n) is 5.27. The number of benzene rings is 2. The van der Waals surface area contributed by atoms with Gasteiger partial charge in [0.25, 0.3) is 5.56 Å². The molecule has 1 N–H and O–H groups in total. The second-order valence-corrected chi connectivity index (χ2v) is 10.6. The Morgan fingerprint density at radius 2 is 1.91 bits per heavy atom. The summed E-state index contributed by atoms with van der Waals surface area (Å²) < 4.78 is 1.74. The number of amides is 1. The molecule has 0 aliphatic carbocycles. The molecule has 4 rings (SSSR count). The van der Waals surface area contributed by atoms with Gasteiger partial charge in [0.05, 0.1) is 16.3 Å². The summed E-state index contributed by atoms with van der Waals surface area (Å²) in [5.41, 5.74) is 5.05. The summed E-state index contributed by atoms with van der Waals surface area (Å²) in [6.45, 7) is 6.68. The Bertz CT molecular complexity index is 1170. The first-order valence-corrected chi connectivity index (χ1v) is 12.6. The van der Waals surface area contributed by atoms with Crippen molar-refractivity contribution >= 4 is 35.1 Å². The van der Waals surface area contributed by atoms with Crippen molar-refractivity contribution in [3.05, 3.63) is 81.3 Å². The van der Waals surface area contributed by atoms with Gasteiger partial charge in [-0.15, -0.1) is 11.8 Å². The van der Waals surface area contributed by atoms with Crippen LogP contribution in [0.3, 0.4) is 0 Å². The van der Waals surface area contributed by atoms with Crippen molar-refractivity contribution in [2.24, 2.45) is 0 Å². The molecule has 3 aromatic rings. The molecule has 0 radical (unpaired) electrons. The topological polar surface area (TPSA) is 64.0 Å². The minimum Gasteiger partial charge on any atom is -0.325 e. The van der Waals surface area contributed by atoms with Crippen molar-refractivity contribution in [2.75, 3.05) is 11.1 Å². The molecule has 32 heavy (non-hydrogen) atoms. The maximum absolute atomic E-state index is 13.2. The fraction of sp³-hybridized carbons (Fsp3) is 0.320. The van der Waals surface area contributed by atoms with E-state index < -0.39 is 0 Å². The Hall–Kier alpha value is -2.51. The number of carbonyl (C=O) groups is 1. The SMILES string of the molecule is Cc1cc(C)cc(NC(=O)CSc2nc3c(c(=O)n2CCc2ccccc2)SC(C)C3)c1. The number of nitrogens with zero attached hydrogens (tertiary/aromatic N) is 2. The highest BCUT2D eigenvalue weighted by Crippen LogP contribution is 2.34. The highest BCUT2D eigenvalue weighted by Gasteiger charge is 2.26. The number of hydrogen-bond donors (Lipinski definition) is 1. The number of rotatable bonds is 7. The number of nitrogens with one attached hydrogen (secondary N) is 1. The third-order valence-corrected chi connectivity index (χ3v) is 7.46. The van der Waals surface area contributed by atoms with Gasteiger partial charge in [0.15, 0.2) is 5.16 Å². The average Bonchev–Trinajstić information content (AvgIpc) is 3.12. The van der Waals surface area contributed by atoms with E-state index >= 15 is 0 Å². The Kier molecular flexibility index (Phi) is 7.06. The molecule has 5 nitrogen and oxygen atoms in total. The van der Waals surface area contributed by atoms with Gasteiger partial charge < -0.3 is 5.32 Å². The maximum atomic E-state index is 13.2. The molecule has 1 atom stereocenters. The summed E-state index contributed by atoms with van der Waals surface area (Å²) in [6, 6.07) is 16.1. The normalized spacial score (nSPS) is 14.9. The van der Waals surface area contributed by atoms with Gasteiger partial charge in [0, 0.05) is 23.9 Å². The maximum Gasteiger partial charge on any atom is 0.268 e. The molecule has 1 amide bonds.